The predicted molar refractivity (Wildman–Crippen MR) is 97.7 cm³/mol. The first-order valence-corrected chi connectivity index (χ1v) is 9.39. The average molecular weight is 355 g/mol. The molecule has 1 spiro atoms. The third-order valence-electron chi connectivity index (χ3n) is 5.59. The van der Waals surface area contributed by atoms with E-state index in [1.54, 1.807) is 4.90 Å². The number of ether oxygens (including phenoxy) is 2. The Hall–Kier alpha value is -2.14. The van der Waals surface area contributed by atoms with Crippen LogP contribution in [0.5, 0.6) is 0 Å². The van der Waals surface area contributed by atoms with Crippen LogP contribution >= 0.6 is 0 Å². The summed E-state index contributed by atoms with van der Waals surface area (Å²) in [4.78, 5) is 27.6. The van der Waals surface area contributed by atoms with E-state index in [0.717, 1.165) is 12.1 Å². The lowest BCUT2D eigenvalue weighted by Crippen LogP contribution is -2.40. The zero-order valence-electron chi connectivity index (χ0n) is 15.5. The lowest BCUT2D eigenvalue weighted by molar-refractivity contribution is -0.153. The van der Waals surface area contributed by atoms with Crippen molar-refractivity contribution < 1.29 is 19.1 Å². The molecule has 1 amide bonds. The standard InChI is InChI=1S/C21H25NO4/c1-4-14-5-7-15(8-6-14)22-12-21-10-9-16(26-21)17(18(21)19(22)23)20(24)25-11-13(2)3/h5-10,13,16-18H,4,11-12H2,1-3H3/t16-,17+,18+,21-/m0/s1. The highest BCUT2D eigenvalue weighted by atomic mass is 16.6. The number of rotatable bonds is 5. The summed E-state index contributed by atoms with van der Waals surface area (Å²) in [5, 5.41) is 0. The van der Waals surface area contributed by atoms with Crippen LogP contribution in [0, 0.1) is 17.8 Å². The van der Waals surface area contributed by atoms with Crippen LogP contribution in [0.2, 0.25) is 0 Å². The molecule has 0 saturated carbocycles. The number of anilines is 1. The first-order valence-electron chi connectivity index (χ1n) is 9.39. The summed E-state index contributed by atoms with van der Waals surface area (Å²) >= 11 is 0. The first kappa shape index (κ1) is 17.3. The Morgan fingerprint density at radius 2 is 2.08 bits per heavy atom. The van der Waals surface area contributed by atoms with Crippen molar-refractivity contribution in [2.24, 2.45) is 17.8 Å². The van der Waals surface area contributed by atoms with E-state index in [-0.39, 0.29) is 23.9 Å². The first-order chi connectivity index (χ1) is 12.4. The number of hydrogen-bond acceptors (Lipinski definition) is 4. The second kappa shape index (κ2) is 6.23. The molecule has 2 saturated heterocycles. The lowest BCUT2D eigenvalue weighted by atomic mass is 9.77. The molecule has 1 aromatic carbocycles. The molecular formula is C21H25NO4. The Morgan fingerprint density at radius 1 is 1.35 bits per heavy atom. The molecule has 5 heteroatoms. The molecule has 26 heavy (non-hydrogen) atoms. The van der Waals surface area contributed by atoms with Crippen LogP contribution in [0.4, 0.5) is 5.69 Å². The molecule has 0 radical (unpaired) electrons. The van der Waals surface area contributed by atoms with Crippen molar-refractivity contribution in [2.45, 2.75) is 38.9 Å². The third-order valence-corrected chi connectivity index (χ3v) is 5.59. The summed E-state index contributed by atoms with van der Waals surface area (Å²) < 4.78 is 11.6. The molecule has 3 heterocycles. The summed E-state index contributed by atoms with van der Waals surface area (Å²) in [7, 11) is 0. The van der Waals surface area contributed by atoms with Gasteiger partial charge in [-0.15, -0.1) is 0 Å². The SMILES string of the molecule is CCc1ccc(N2C[C@]34C=C[C@H](O3)[C@@H](C(=O)OCC(C)C)[C@@H]4C2=O)cc1. The molecule has 3 aliphatic heterocycles. The zero-order chi connectivity index (χ0) is 18.5. The highest BCUT2D eigenvalue weighted by Gasteiger charge is 2.67. The molecule has 138 valence electrons. The molecule has 4 rings (SSSR count). The number of carbonyl (C=O) groups excluding carboxylic acids is 2. The van der Waals surface area contributed by atoms with Crippen LogP contribution in [0.1, 0.15) is 26.3 Å². The number of carbonyl (C=O) groups is 2. The Labute approximate surface area is 154 Å². The van der Waals surface area contributed by atoms with Gasteiger partial charge in [-0.1, -0.05) is 45.1 Å². The number of esters is 1. The Balaban J connectivity index is 1.59. The maximum absolute atomic E-state index is 13.2. The number of hydrogen-bond donors (Lipinski definition) is 0. The van der Waals surface area contributed by atoms with E-state index in [1.165, 1.54) is 5.56 Å². The minimum absolute atomic E-state index is 0.0485. The zero-order valence-corrected chi connectivity index (χ0v) is 15.5. The summed E-state index contributed by atoms with van der Waals surface area (Å²) in [6.07, 6.45) is 4.48. The summed E-state index contributed by atoms with van der Waals surface area (Å²) in [5.74, 6) is -1.16. The fourth-order valence-electron chi connectivity index (χ4n) is 4.24. The van der Waals surface area contributed by atoms with Gasteiger partial charge in [-0.05, 0) is 30.0 Å². The van der Waals surface area contributed by atoms with Gasteiger partial charge < -0.3 is 14.4 Å². The molecule has 0 N–H and O–H groups in total. The molecule has 5 nitrogen and oxygen atoms in total. The molecule has 1 aromatic rings. The van der Waals surface area contributed by atoms with Gasteiger partial charge in [0.25, 0.3) is 0 Å². The number of amides is 1. The van der Waals surface area contributed by atoms with E-state index in [9.17, 15) is 9.59 Å². The van der Waals surface area contributed by atoms with Crippen molar-refractivity contribution in [3.05, 3.63) is 42.0 Å². The van der Waals surface area contributed by atoms with E-state index in [2.05, 4.69) is 6.92 Å². The maximum Gasteiger partial charge on any atom is 0.312 e. The van der Waals surface area contributed by atoms with Crippen LogP contribution in [0.3, 0.4) is 0 Å². The molecule has 4 atom stereocenters. The van der Waals surface area contributed by atoms with E-state index >= 15 is 0 Å². The summed E-state index contributed by atoms with van der Waals surface area (Å²) in [6, 6.07) is 8.02. The molecule has 2 bridgehead atoms. The van der Waals surface area contributed by atoms with Crippen LogP contribution in [0.25, 0.3) is 0 Å². The summed E-state index contributed by atoms with van der Waals surface area (Å²) in [6.45, 7) is 6.90. The van der Waals surface area contributed by atoms with Gasteiger partial charge in [-0.25, -0.2) is 0 Å². The minimum atomic E-state index is -0.702. The van der Waals surface area contributed by atoms with Crippen molar-refractivity contribution in [1.82, 2.24) is 0 Å². The van der Waals surface area contributed by atoms with Crippen molar-refractivity contribution in [2.75, 3.05) is 18.1 Å². The van der Waals surface area contributed by atoms with Crippen LogP contribution in [-0.2, 0) is 25.5 Å². The van der Waals surface area contributed by atoms with Gasteiger partial charge >= 0.3 is 5.97 Å². The van der Waals surface area contributed by atoms with Gasteiger partial charge in [0.15, 0.2) is 0 Å². The minimum Gasteiger partial charge on any atom is -0.465 e. The van der Waals surface area contributed by atoms with Crippen LogP contribution < -0.4 is 4.90 Å². The van der Waals surface area contributed by atoms with E-state index in [1.807, 2.05) is 50.3 Å². The Bertz CT molecular complexity index is 754. The van der Waals surface area contributed by atoms with Crippen molar-refractivity contribution in [1.29, 1.82) is 0 Å². The van der Waals surface area contributed by atoms with Gasteiger partial charge in [0.05, 0.1) is 25.2 Å². The van der Waals surface area contributed by atoms with Crippen LogP contribution in [-0.4, -0.2) is 36.7 Å². The molecule has 2 fully saturated rings. The van der Waals surface area contributed by atoms with Gasteiger partial charge in [0.2, 0.25) is 5.91 Å². The Kier molecular flexibility index (Phi) is 4.14. The van der Waals surface area contributed by atoms with Gasteiger partial charge in [0, 0.05) is 5.69 Å². The molecule has 3 aliphatic rings. The maximum atomic E-state index is 13.2. The molecule has 0 aliphatic carbocycles. The predicted octanol–water partition coefficient (Wildman–Crippen LogP) is 2.73. The number of aryl methyl sites for hydroxylation is 1. The third kappa shape index (κ3) is 2.57. The number of nitrogens with zero attached hydrogens (tertiary/aromatic N) is 1. The summed E-state index contributed by atoms with van der Waals surface area (Å²) in [5.41, 5.74) is 1.38. The molecule has 0 aromatic heterocycles. The topological polar surface area (TPSA) is 55.8 Å². The molecular weight excluding hydrogens is 330 g/mol. The van der Waals surface area contributed by atoms with Crippen LogP contribution in [0.15, 0.2) is 36.4 Å². The smallest absolute Gasteiger partial charge is 0.312 e. The van der Waals surface area contributed by atoms with Gasteiger partial charge in [-0.2, -0.15) is 0 Å². The van der Waals surface area contributed by atoms with E-state index in [4.69, 9.17) is 9.47 Å². The molecule has 0 unspecified atom stereocenters. The normalized spacial score (nSPS) is 31.8. The fraction of sp³-hybridized carbons (Fsp3) is 0.524. The quantitative estimate of drug-likeness (QED) is 0.602. The fourth-order valence-corrected chi connectivity index (χ4v) is 4.24. The largest absolute Gasteiger partial charge is 0.465 e. The highest BCUT2D eigenvalue weighted by molar-refractivity contribution is 6.02. The number of fused-ring (bicyclic) bond motifs is 1. The van der Waals surface area contributed by atoms with Gasteiger partial charge in [0.1, 0.15) is 11.5 Å². The van der Waals surface area contributed by atoms with E-state index < -0.39 is 17.4 Å². The van der Waals surface area contributed by atoms with Crippen molar-refractivity contribution in [3.63, 3.8) is 0 Å². The lowest BCUT2D eigenvalue weighted by Gasteiger charge is -2.23. The van der Waals surface area contributed by atoms with Crippen molar-refractivity contribution >= 4 is 17.6 Å². The second-order valence-corrected chi connectivity index (χ2v) is 7.87. The number of benzene rings is 1. The Morgan fingerprint density at radius 3 is 2.73 bits per heavy atom. The van der Waals surface area contributed by atoms with Gasteiger partial charge in [-0.3, -0.25) is 9.59 Å². The average Bonchev–Trinajstić information content (AvgIpc) is 3.28. The highest BCUT2D eigenvalue weighted by Crippen LogP contribution is 2.52. The van der Waals surface area contributed by atoms with Crippen molar-refractivity contribution in [3.8, 4) is 0 Å². The van der Waals surface area contributed by atoms with E-state index in [0.29, 0.717) is 13.2 Å². The second-order valence-electron chi connectivity index (χ2n) is 7.87. The monoisotopic (exact) mass is 355 g/mol.